The molecule has 4 rings (SSSR count). The summed E-state index contributed by atoms with van der Waals surface area (Å²) in [5.41, 5.74) is 19.2. The quantitative estimate of drug-likeness (QED) is 0.192. The normalized spacial score (nSPS) is 10.7. The summed E-state index contributed by atoms with van der Waals surface area (Å²) in [6.45, 7) is 42.1. The van der Waals surface area contributed by atoms with E-state index >= 15 is 0 Å². The van der Waals surface area contributed by atoms with Gasteiger partial charge in [-0.3, -0.25) is 0 Å². The highest BCUT2D eigenvalue weighted by Crippen LogP contribution is 2.29. The first-order valence-corrected chi connectivity index (χ1v) is 19.2. The minimum Gasteiger partial charge on any atom is -0.496 e. The maximum atomic E-state index is 5.60. The molecule has 4 aromatic rings. The molecule has 0 spiro atoms. The van der Waals surface area contributed by atoms with Crippen molar-refractivity contribution in [2.45, 2.75) is 155 Å². The smallest absolute Gasteiger partial charge is 0.125 e. The number of ether oxygens (including phenoxy) is 2. The summed E-state index contributed by atoms with van der Waals surface area (Å²) in [6.07, 6.45) is 0. The van der Waals surface area contributed by atoms with E-state index in [4.69, 9.17) is 9.47 Å². The van der Waals surface area contributed by atoms with Crippen LogP contribution in [0.5, 0.6) is 11.5 Å². The van der Waals surface area contributed by atoms with Gasteiger partial charge in [0.25, 0.3) is 0 Å². The Balaban J connectivity index is 0.000000341. The molecule has 0 aromatic heterocycles. The van der Waals surface area contributed by atoms with E-state index in [0.717, 1.165) is 18.1 Å². The molecule has 0 radical (unpaired) electrons. The Labute approximate surface area is 315 Å². The van der Waals surface area contributed by atoms with E-state index in [1.165, 1.54) is 77.9 Å². The first kappa shape index (κ1) is 45.5. The van der Waals surface area contributed by atoms with Crippen LogP contribution in [-0.4, -0.2) is 13.7 Å². The number of hydrogen-bond acceptors (Lipinski definition) is 2. The molecule has 0 aliphatic carbocycles. The molecule has 0 N–H and O–H groups in total. The first-order valence-electron chi connectivity index (χ1n) is 19.2. The average Bonchev–Trinajstić information content (AvgIpc) is 3.04. The fourth-order valence-electron chi connectivity index (χ4n) is 6.13. The van der Waals surface area contributed by atoms with E-state index in [1.807, 2.05) is 6.92 Å². The van der Waals surface area contributed by atoms with Gasteiger partial charge in [0.1, 0.15) is 11.5 Å². The molecule has 4 aromatic carbocycles. The van der Waals surface area contributed by atoms with Crippen LogP contribution in [0.25, 0.3) is 0 Å². The summed E-state index contributed by atoms with van der Waals surface area (Å²) in [7, 11) is 1.73. The summed E-state index contributed by atoms with van der Waals surface area (Å²) in [4.78, 5) is 0. The van der Waals surface area contributed by atoms with Crippen molar-refractivity contribution in [2.75, 3.05) is 13.7 Å². The Hall–Kier alpha value is -3.52. The lowest BCUT2D eigenvalue weighted by molar-refractivity contribution is 0.335. The third-order valence-electron chi connectivity index (χ3n) is 10.0. The predicted octanol–water partition coefficient (Wildman–Crippen LogP) is 14.7. The van der Waals surface area contributed by atoms with Gasteiger partial charge in [-0.25, -0.2) is 0 Å². The van der Waals surface area contributed by atoms with Crippen LogP contribution in [0.2, 0.25) is 0 Å². The molecule has 0 aliphatic heterocycles. The lowest BCUT2D eigenvalue weighted by Crippen LogP contribution is -1.99. The van der Waals surface area contributed by atoms with Gasteiger partial charge in [0.15, 0.2) is 0 Å². The van der Waals surface area contributed by atoms with Gasteiger partial charge in [-0.1, -0.05) is 104 Å². The predicted molar refractivity (Wildman–Crippen MR) is 227 cm³/mol. The van der Waals surface area contributed by atoms with Gasteiger partial charge in [0.2, 0.25) is 0 Å². The Kier molecular flexibility index (Phi) is 18.8. The van der Waals surface area contributed by atoms with Crippen LogP contribution < -0.4 is 9.47 Å². The van der Waals surface area contributed by atoms with Crippen molar-refractivity contribution >= 4 is 0 Å². The van der Waals surface area contributed by atoms with Crippen molar-refractivity contribution in [3.05, 3.63) is 126 Å². The number of methoxy groups -OCH3 is 1. The second kappa shape index (κ2) is 21.1. The molecule has 0 fully saturated rings. The number of rotatable bonds is 7. The van der Waals surface area contributed by atoms with Gasteiger partial charge in [-0.15, -0.1) is 0 Å². The fraction of sp³-hybridized carbons (Fsp3) is 0.510. The molecule has 0 saturated heterocycles. The summed E-state index contributed by atoms with van der Waals surface area (Å²) < 4.78 is 10.9. The highest BCUT2D eigenvalue weighted by atomic mass is 16.5. The number of aryl methyl sites for hydroxylation is 8. The maximum Gasteiger partial charge on any atom is 0.125 e. The topological polar surface area (TPSA) is 18.5 Å². The van der Waals surface area contributed by atoms with Crippen LogP contribution in [0.4, 0.5) is 0 Å². The lowest BCUT2D eigenvalue weighted by Gasteiger charge is -2.14. The Morgan fingerprint density at radius 3 is 0.784 bits per heavy atom. The molecule has 0 heterocycles. The Morgan fingerprint density at radius 1 is 0.373 bits per heavy atom. The molecule has 2 nitrogen and oxygen atoms in total. The van der Waals surface area contributed by atoms with Gasteiger partial charge in [-0.2, -0.15) is 0 Å². The van der Waals surface area contributed by atoms with Crippen molar-refractivity contribution in [3.8, 4) is 11.5 Å². The molecule has 0 saturated carbocycles. The van der Waals surface area contributed by atoms with Gasteiger partial charge in [0, 0.05) is 0 Å². The van der Waals surface area contributed by atoms with E-state index in [0.29, 0.717) is 23.7 Å². The maximum absolute atomic E-state index is 5.60. The second-order valence-electron chi connectivity index (χ2n) is 15.8. The lowest BCUT2D eigenvalue weighted by atomic mass is 9.95. The average molecular weight is 695 g/mol. The van der Waals surface area contributed by atoms with E-state index in [-0.39, 0.29) is 0 Å². The van der Waals surface area contributed by atoms with Crippen LogP contribution in [0, 0.1) is 69.2 Å². The molecule has 282 valence electrons. The highest BCUT2D eigenvalue weighted by molar-refractivity contribution is 5.45. The molecule has 0 atom stereocenters. The molecular formula is C49H74O2. The first-order chi connectivity index (χ1) is 23.7. The largest absolute Gasteiger partial charge is 0.496 e. The summed E-state index contributed by atoms with van der Waals surface area (Å²) in [5, 5.41) is 0. The minimum atomic E-state index is 0.586. The zero-order valence-corrected chi connectivity index (χ0v) is 36.5. The van der Waals surface area contributed by atoms with Gasteiger partial charge in [0.05, 0.1) is 13.7 Å². The van der Waals surface area contributed by atoms with E-state index in [1.54, 1.807) is 7.11 Å². The zero-order chi connectivity index (χ0) is 39.3. The molecule has 0 aliphatic rings. The number of benzene rings is 4. The monoisotopic (exact) mass is 695 g/mol. The van der Waals surface area contributed by atoms with Crippen molar-refractivity contribution in [2.24, 2.45) is 0 Å². The van der Waals surface area contributed by atoms with Gasteiger partial charge < -0.3 is 9.47 Å². The van der Waals surface area contributed by atoms with Crippen molar-refractivity contribution in [1.29, 1.82) is 0 Å². The minimum absolute atomic E-state index is 0.586. The summed E-state index contributed by atoms with van der Waals surface area (Å²) in [6, 6.07) is 18.1. The SMILES string of the molecule is CCOc1c(C)cc(C(C)C)cc1C.COc1c(C)cc(C(C)C)cc1C.Cc1cc(C(C)C)cc(C)c1C.Cc1cc(C(C)C)cc(C)c1C. The Morgan fingerprint density at radius 2 is 0.588 bits per heavy atom. The molecule has 51 heavy (non-hydrogen) atoms. The third kappa shape index (κ3) is 13.9. The van der Waals surface area contributed by atoms with Crippen LogP contribution in [0.15, 0.2) is 48.5 Å². The van der Waals surface area contributed by atoms with Gasteiger partial charge >= 0.3 is 0 Å². The van der Waals surface area contributed by atoms with Crippen LogP contribution in [-0.2, 0) is 0 Å². The molecule has 0 unspecified atom stereocenters. The summed E-state index contributed by atoms with van der Waals surface area (Å²) in [5.74, 6) is 4.53. The van der Waals surface area contributed by atoms with Crippen molar-refractivity contribution in [1.82, 2.24) is 0 Å². The van der Waals surface area contributed by atoms with E-state index in [9.17, 15) is 0 Å². The second-order valence-corrected chi connectivity index (χ2v) is 15.8. The van der Waals surface area contributed by atoms with Crippen LogP contribution in [0.1, 0.15) is 164 Å². The molecule has 2 heteroatoms. The standard InChI is InChI=1S/C13H20O.C12H18O.2C12H18/c1-6-14-13-10(4)7-12(9(2)3)8-11(13)5;1-8(2)11-6-9(3)12(13-5)10(4)7-11;2*1-8(2)12-6-9(3)11(5)10(4)7-12/h7-9H,6H2,1-5H3;6-8H,1-5H3;2*6-8H,1-5H3. The van der Waals surface area contributed by atoms with Crippen LogP contribution >= 0.6 is 0 Å². The van der Waals surface area contributed by atoms with Crippen LogP contribution in [0.3, 0.4) is 0 Å². The fourth-order valence-corrected chi connectivity index (χ4v) is 6.13. The van der Waals surface area contributed by atoms with Crippen molar-refractivity contribution < 1.29 is 9.47 Å². The highest BCUT2D eigenvalue weighted by Gasteiger charge is 2.09. The summed E-state index contributed by atoms with van der Waals surface area (Å²) >= 11 is 0. The molecule has 0 amide bonds. The van der Waals surface area contributed by atoms with Crippen molar-refractivity contribution in [3.63, 3.8) is 0 Å². The molecule has 0 bridgehead atoms. The molecular weight excluding hydrogens is 621 g/mol. The van der Waals surface area contributed by atoms with E-state index in [2.05, 4.69) is 173 Å². The zero-order valence-electron chi connectivity index (χ0n) is 36.5. The number of hydrogen-bond donors (Lipinski definition) is 0. The third-order valence-corrected chi connectivity index (χ3v) is 10.0. The van der Waals surface area contributed by atoms with E-state index < -0.39 is 0 Å². The van der Waals surface area contributed by atoms with Gasteiger partial charge in [-0.05, 0) is 178 Å². The Bertz CT molecular complexity index is 1530.